The summed E-state index contributed by atoms with van der Waals surface area (Å²) in [6, 6.07) is 7.32. The van der Waals surface area contributed by atoms with Crippen molar-refractivity contribution in [3.05, 3.63) is 33.4 Å². The van der Waals surface area contributed by atoms with Crippen LogP contribution >= 0.6 is 22.6 Å². The van der Waals surface area contributed by atoms with Crippen molar-refractivity contribution in [3.63, 3.8) is 0 Å². The molecule has 1 aromatic rings. The molecule has 4 nitrogen and oxygen atoms in total. The Bertz CT molecular complexity index is 424. The molecule has 0 bridgehead atoms. The van der Waals surface area contributed by atoms with Crippen LogP contribution in [0.5, 0.6) is 0 Å². The van der Waals surface area contributed by atoms with Gasteiger partial charge in [-0.05, 0) is 41.5 Å². The lowest BCUT2D eigenvalue weighted by molar-refractivity contribution is -0.102. The summed E-state index contributed by atoms with van der Waals surface area (Å²) in [6.45, 7) is 3.99. The molecule has 0 aliphatic heterocycles. The molecule has 0 aromatic heterocycles. The molecule has 0 aliphatic carbocycles. The first kappa shape index (κ1) is 15.2. The molecule has 0 spiro atoms. The van der Waals surface area contributed by atoms with E-state index in [-0.39, 0.29) is 0 Å². The maximum absolute atomic E-state index is 11.3. The van der Waals surface area contributed by atoms with Gasteiger partial charge in [-0.2, -0.15) is 0 Å². The third-order valence-electron chi connectivity index (χ3n) is 2.92. The minimum atomic E-state index is -1.46. The molecular weight excluding hydrogens is 345 g/mol. The van der Waals surface area contributed by atoms with Gasteiger partial charge >= 0.3 is 6.09 Å². The molecule has 100 valence electrons. The van der Waals surface area contributed by atoms with Crippen LogP contribution in [0, 0.1) is 3.57 Å². The zero-order valence-electron chi connectivity index (χ0n) is 10.6. The molecule has 5 heteroatoms. The van der Waals surface area contributed by atoms with E-state index in [0.717, 1.165) is 8.47 Å². The number of amides is 1. The summed E-state index contributed by atoms with van der Waals surface area (Å²) in [4.78, 5) is 12.5. The number of hydrogen-bond acceptors (Lipinski definition) is 2. The van der Waals surface area contributed by atoms with Crippen LogP contribution in [0.3, 0.4) is 0 Å². The summed E-state index contributed by atoms with van der Waals surface area (Å²) in [5.74, 6) is 0. The van der Waals surface area contributed by atoms with Crippen LogP contribution in [0.4, 0.5) is 4.79 Å². The van der Waals surface area contributed by atoms with E-state index < -0.39 is 11.8 Å². The van der Waals surface area contributed by atoms with Gasteiger partial charge in [0.05, 0.1) is 0 Å². The second-order valence-electron chi connectivity index (χ2n) is 4.08. The summed E-state index contributed by atoms with van der Waals surface area (Å²) in [5.41, 5.74) is -0.816. The second-order valence-corrected chi connectivity index (χ2v) is 5.25. The van der Waals surface area contributed by atoms with Crippen LogP contribution in [-0.2, 0) is 5.72 Å². The van der Waals surface area contributed by atoms with Crippen molar-refractivity contribution in [1.82, 2.24) is 4.90 Å². The Morgan fingerprint density at radius 2 is 2.00 bits per heavy atom. The highest BCUT2D eigenvalue weighted by Crippen LogP contribution is 2.32. The molecule has 2 N–H and O–H groups in total. The number of nitrogens with zero attached hydrogens (tertiary/aromatic N) is 1. The molecule has 1 rings (SSSR count). The number of hydrogen-bond donors (Lipinski definition) is 2. The molecule has 0 saturated carbocycles. The van der Waals surface area contributed by atoms with Gasteiger partial charge in [0.15, 0.2) is 5.72 Å². The molecule has 0 unspecified atom stereocenters. The predicted molar refractivity (Wildman–Crippen MR) is 78.4 cm³/mol. The Labute approximate surface area is 121 Å². The third kappa shape index (κ3) is 2.95. The fourth-order valence-electron chi connectivity index (χ4n) is 1.98. The zero-order valence-corrected chi connectivity index (χ0v) is 12.7. The van der Waals surface area contributed by atoms with Gasteiger partial charge in [0.1, 0.15) is 0 Å². The van der Waals surface area contributed by atoms with Gasteiger partial charge in [-0.1, -0.05) is 32.0 Å². The number of carboxylic acid groups (broad SMARTS) is 1. The topological polar surface area (TPSA) is 60.8 Å². The van der Waals surface area contributed by atoms with Crippen molar-refractivity contribution in [2.24, 2.45) is 0 Å². The van der Waals surface area contributed by atoms with Gasteiger partial charge in [-0.25, -0.2) is 4.79 Å². The third-order valence-corrected chi connectivity index (χ3v) is 3.86. The normalized spacial score (nSPS) is 14.0. The van der Waals surface area contributed by atoms with E-state index in [9.17, 15) is 15.0 Å². The predicted octanol–water partition coefficient (Wildman–Crippen LogP) is 3.24. The second kappa shape index (κ2) is 6.38. The van der Waals surface area contributed by atoms with Crippen molar-refractivity contribution in [3.8, 4) is 0 Å². The van der Waals surface area contributed by atoms with Gasteiger partial charge in [0.25, 0.3) is 0 Å². The Kier molecular flexibility index (Phi) is 5.40. The maximum Gasteiger partial charge on any atom is 0.409 e. The number of benzene rings is 1. The zero-order chi connectivity index (χ0) is 13.8. The highest BCUT2D eigenvalue weighted by Gasteiger charge is 2.38. The first-order valence-electron chi connectivity index (χ1n) is 5.95. The van der Waals surface area contributed by atoms with Crippen LogP contribution in [0.25, 0.3) is 0 Å². The van der Waals surface area contributed by atoms with Gasteiger partial charge < -0.3 is 10.2 Å². The SMILES string of the molecule is CCCN(C(=O)O)[C@@](O)(CC)c1ccccc1I. The quantitative estimate of drug-likeness (QED) is 0.624. The van der Waals surface area contributed by atoms with Crippen molar-refractivity contribution in [1.29, 1.82) is 0 Å². The fraction of sp³-hybridized carbons (Fsp3) is 0.462. The van der Waals surface area contributed by atoms with Crippen LogP contribution in [0.2, 0.25) is 0 Å². The molecular formula is C13H18INO3. The smallest absolute Gasteiger partial charge is 0.409 e. The first-order valence-corrected chi connectivity index (χ1v) is 7.03. The molecule has 1 atom stereocenters. The van der Waals surface area contributed by atoms with Crippen molar-refractivity contribution in [2.45, 2.75) is 32.4 Å². The van der Waals surface area contributed by atoms with Crippen LogP contribution < -0.4 is 0 Å². The average molecular weight is 363 g/mol. The van der Waals surface area contributed by atoms with E-state index in [1.54, 1.807) is 13.0 Å². The van der Waals surface area contributed by atoms with Gasteiger partial charge in [-0.3, -0.25) is 4.90 Å². The van der Waals surface area contributed by atoms with Crippen molar-refractivity contribution < 1.29 is 15.0 Å². The van der Waals surface area contributed by atoms with Gasteiger partial charge in [0, 0.05) is 15.7 Å². The van der Waals surface area contributed by atoms with Crippen LogP contribution in [-0.4, -0.2) is 27.8 Å². The van der Waals surface area contributed by atoms with E-state index in [0.29, 0.717) is 24.9 Å². The van der Waals surface area contributed by atoms with Crippen molar-refractivity contribution >= 4 is 28.7 Å². The molecule has 0 aliphatic rings. The van der Waals surface area contributed by atoms with Crippen LogP contribution in [0.15, 0.2) is 24.3 Å². The highest BCUT2D eigenvalue weighted by atomic mass is 127. The molecule has 0 saturated heterocycles. The van der Waals surface area contributed by atoms with Crippen LogP contribution in [0.1, 0.15) is 32.3 Å². The number of aliphatic hydroxyl groups is 1. The maximum atomic E-state index is 11.3. The van der Waals surface area contributed by atoms with E-state index in [2.05, 4.69) is 22.6 Å². The molecule has 1 aromatic carbocycles. The molecule has 0 radical (unpaired) electrons. The summed E-state index contributed by atoms with van der Waals surface area (Å²) < 4.78 is 0.863. The van der Waals surface area contributed by atoms with E-state index in [1.807, 2.05) is 25.1 Å². The van der Waals surface area contributed by atoms with Gasteiger partial charge in [-0.15, -0.1) is 0 Å². The summed E-state index contributed by atoms with van der Waals surface area (Å²) in [6.07, 6.45) is -0.113. The fourth-order valence-corrected chi connectivity index (χ4v) is 2.79. The minimum absolute atomic E-state index is 0.310. The van der Waals surface area contributed by atoms with Gasteiger partial charge in [0.2, 0.25) is 0 Å². The van der Waals surface area contributed by atoms with E-state index in [4.69, 9.17) is 0 Å². The Morgan fingerprint density at radius 1 is 1.39 bits per heavy atom. The van der Waals surface area contributed by atoms with E-state index in [1.165, 1.54) is 0 Å². The summed E-state index contributed by atoms with van der Waals surface area (Å²) in [5, 5.41) is 20.1. The Morgan fingerprint density at radius 3 is 2.44 bits per heavy atom. The number of carbonyl (C=O) groups is 1. The van der Waals surface area contributed by atoms with E-state index >= 15 is 0 Å². The summed E-state index contributed by atoms with van der Waals surface area (Å²) >= 11 is 2.11. The molecule has 18 heavy (non-hydrogen) atoms. The molecule has 0 fully saturated rings. The lowest BCUT2D eigenvalue weighted by Gasteiger charge is -2.38. The average Bonchev–Trinajstić information content (AvgIpc) is 2.35. The highest BCUT2D eigenvalue weighted by molar-refractivity contribution is 14.1. The standard InChI is InChI=1S/C13H18INO3/c1-3-9-15(12(16)17)13(18,4-2)10-7-5-6-8-11(10)14/h5-8,18H,3-4,9H2,1-2H3,(H,16,17)/t13-/m1/s1. The summed E-state index contributed by atoms with van der Waals surface area (Å²) in [7, 11) is 0. The number of halogens is 1. The first-order chi connectivity index (χ1) is 8.47. The molecule has 0 heterocycles. The Balaban J connectivity index is 3.26. The lowest BCUT2D eigenvalue weighted by Crippen LogP contribution is -2.49. The largest absolute Gasteiger partial charge is 0.465 e. The monoisotopic (exact) mass is 363 g/mol. The Hall–Kier alpha value is -0.820. The van der Waals surface area contributed by atoms with Crippen molar-refractivity contribution in [2.75, 3.05) is 6.54 Å². The molecule has 1 amide bonds. The minimum Gasteiger partial charge on any atom is -0.465 e. The number of rotatable bonds is 5. The lowest BCUT2D eigenvalue weighted by atomic mass is 9.98.